The van der Waals surface area contributed by atoms with Gasteiger partial charge < -0.3 is 9.47 Å². The standard InChI is InChI=1S/C17H21NO5/c1-22-16(20)14-11-13(15(19)18(14)17(21)23-2)10-6-9-12-7-4-3-5-8-12/h3-5,7-8,13-14H,6,9-11H2,1-2H3/t13-,14+/m1/s1. The fourth-order valence-corrected chi connectivity index (χ4v) is 2.92. The number of esters is 1. The van der Waals surface area contributed by atoms with Gasteiger partial charge in [-0.25, -0.2) is 14.5 Å². The number of hydrogen-bond acceptors (Lipinski definition) is 5. The van der Waals surface area contributed by atoms with Gasteiger partial charge in [-0.1, -0.05) is 30.3 Å². The Morgan fingerprint density at radius 2 is 1.87 bits per heavy atom. The zero-order valence-electron chi connectivity index (χ0n) is 13.4. The van der Waals surface area contributed by atoms with E-state index in [1.807, 2.05) is 30.3 Å². The molecule has 1 heterocycles. The van der Waals surface area contributed by atoms with E-state index >= 15 is 0 Å². The van der Waals surface area contributed by atoms with Gasteiger partial charge in [0.1, 0.15) is 6.04 Å². The van der Waals surface area contributed by atoms with Crippen molar-refractivity contribution in [1.29, 1.82) is 0 Å². The molecule has 6 nitrogen and oxygen atoms in total. The number of aryl methyl sites for hydroxylation is 1. The van der Waals surface area contributed by atoms with Crippen molar-refractivity contribution in [3.8, 4) is 0 Å². The average Bonchev–Trinajstić information content (AvgIpc) is 2.91. The molecule has 2 atom stereocenters. The van der Waals surface area contributed by atoms with Gasteiger partial charge in [-0.3, -0.25) is 4.79 Å². The van der Waals surface area contributed by atoms with E-state index in [0.29, 0.717) is 6.42 Å². The Balaban J connectivity index is 1.98. The maximum Gasteiger partial charge on any atom is 0.417 e. The largest absolute Gasteiger partial charge is 0.467 e. The Labute approximate surface area is 135 Å². The summed E-state index contributed by atoms with van der Waals surface area (Å²) in [6, 6.07) is 9.09. The normalized spacial score (nSPS) is 20.4. The van der Waals surface area contributed by atoms with Crippen LogP contribution in [0.15, 0.2) is 30.3 Å². The number of carbonyl (C=O) groups excluding carboxylic acids is 3. The fourth-order valence-electron chi connectivity index (χ4n) is 2.92. The number of imide groups is 1. The molecule has 0 bridgehead atoms. The number of nitrogens with zero attached hydrogens (tertiary/aromatic N) is 1. The SMILES string of the molecule is COC(=O)[C@@H]1C[C@@H](CCCc2ccccc2)C(=O)N1C(=O)OC. The summed E-state index contributed by atoms with van der Waals surface area (Å²) in [6.07, 6.45) is 1.76. The summed E-state index contributed by atoms with van der Waals surface area (Å²) in [6.45, 7) is 0. The molecule has 0 saturated carbocycles. The first-order valence-corrected chi connectivity index (χ1v) is 7.61. The molecule has 1 aliphatic rings. The van der Waals surface area contributed by atoms with Crippen LogP contribution in [0.1, 0.15) is 24.8 Å². The molecule has 23 heavy (non-hydrogen) atoms. The van der Waals surface area contributed by atoms with E-state index in [2.05, 4.69) is 9.47 Å². The number of benzene rings is 1. The van der Waals surface area contributed by atoms with Crippen LogP contribution >= 0.6 is 0 Å². The van der Waals surface area contributed by atoms with Gasteiger partial charge in [0.05, 0.1) is 14.2 Å². The molecule has 2 amide bonds. The summed E-state index contributed by atoms with van der Waals surface area (Å²) >= 11 is 0. The molecule has 0 aromatic heterocycles. The van der Waals surface area contributed by atoms with Crippen molar-refractivity contribution in [1.82, 2.24) is 4.90 Å². The van der Waals surface area contributed by atoms with E-state index in [1.54, 1.807) is 0 Å². The Morgan fingerprint density at radius 1 is 1.17 bits per heavy atom. The van der Waals surface area contributed by atoms with Crippen LogP contribution in [0, 0.1) is 5.92 Å². The van der Waals surface area contributed by atoms with Crippen molar-refractivity contribution in [2.45, 2.75) is 31.7 Å². The molecule has 0 unspecified atom stereocenters. The Bertz CT molecular complexity index is 572. The predicted octanol–water partition coefficient (Wildman–Crippen LogP) is 2.17. The minimum Gasteiger partial charge on any atom is -0.467 e. The third-order valence-corrected chi connectivity index (χ3v) is 4.11. The van der Waals surface area contributed by atoms with Gasteiger partial charge >= 0.3 is 12.1 Å². The molecule has 0 radical (unpaired) electrons. The number of methoxy groups -OCH3 is 2. The highest BCUT2D eigenvalue weighted by Gasteiger charge is 2.47. The molecule has 1 aromatic carbocycles. The van der Waals surface area contributed by atoms with Crippen molar-refractivity contribution in [2.75, 3.05) is 14.2 Å². The number of amides is 2. The first-order chi connectivity index (χ1) is 11.1. The van der Waals surface area contributed by atoms with Gasteiger partial charge in [0.25, 0.3) is 0 Å². The Morgan fingerprint density at radius 3 is 2.48 bits per heavy atom. The highest BCUT2D eigenvalue weighted by molar-refractivity contribution is 6.00. The maximum absolute atomic E-state index is 12.4. The second kappa shape index (κ2) is 7.76. The van der Waals surface area contributed by atoms with Crippen LogP contribution in [0.3, 0.4) is 0 Å². The predicted molar refractivity (Wildman–Crippen MR) is 82.5 cm³/mol. The molecule has 0 aliphatic carbocycles. The summed E-state index contributed by atoms with van der Waals surface area (Å²) in [7, 11) is 2.43. The van der Waals surface area contributed by atoms with E-state index in [-0.39, 0.29) is 18.2 Å². The minimum absolute atomic E-state index is 0.287. The van der Waals surface area contributed by atoms with Crippen LogP contribution in [0.2, 0.25) is 0 Å². The number of ether oxygens (including phenoxy) is 2. The molecular formula is C17H21NO5. The summed E-state index contributed by atoms with van der Waals surface area (Å²) in [5.74, 6) is -1.31. The van der Waals surface area contributed by atoms with Crippen LogP contribution in [0.4, 0.5) is 4.79 Å². The van der Waals surface area contributed by atoms with Crippen molar-refractivity contribution in [2.24, 2.45) is 5.92 Å². The minimum atomic E-state index is -0.887. The van der Waals surface area contributed by atoms with Gasteiger partial charge in [-0.2, -0.15) is 0 Å². The van der Waals surface area contributed by atoms with Crippen molar-refractivity contribution >= 4 is 18.0 Å². The lowest BCUT2D eigenvalue weighted by Gasteiger charge is -2.18. The van der Waals surface area contributed by atoms with Gasteiger partial charge in [-0.15, -0.1) is 0 Å². The second-order valence-corrected chi connectivity index (χ2v) is 5.53. The fraction of sp³-hybridized carbons (Fsp3) is 0.471. The topological polar surface area (TPSA) is 72.9 Å². The smallest absolute Gasteiger partial charge is 0.417 e. The highest BCUT2D eigenvalue weighted by atomic mass is 16.5. The van der Waals surface area contributed by atoms with Crippen LogP contribution < -0.4 is 0 Å². The molecule has 6 heteroatoms. The van der Waals surface area contributed by atoms with Gasteiger partial charge in [0, 0.05) is 5.92 Å². The first-order valence-electron chi connectivity index (χ1n) is 7.61. The number of hydrogen-bond donors (Lipinski definition) is 0. The molecule has 124 valence electrons. The molecule has 1 aromatic rings. The van der Waals surface area contributed by atoms with E-state index in [9.17, 15) is 14.4 Å². The van der Waals surface area contributed by atoms with Crippen LogP contribution in [-0.4, -0.2) is 43.1 Å². The number of likely N-dealkylation sites (tertiary alicyclic amines) is 1. The molecule has 0 N–H and O–H groups in total. The summed E-state index contributed by atoms with van der Waals surface area (Å²) in [5.41, 5.74) is 1.20. The van der Waals surface area contributed by atoms with Gasteiger partial charge in [-0.05, 0) is 31.2 Å². The van der Waals surface area contributed by atoms with E-state index in [4.69, 9.17) is 0 Å². The van der Waals surface area contributed by atoms with Gasteiger partial charge in [0.2, 0.25) is 5.91 Å². The maximum atomic E-state index is 12.4. The third-order valence-electron chi connectivity index (χ3n) is 4.11. The number of carbonyl (C=O) groups is 3. The lowest BCUT2D eigenvalue weighted by atomic mass is 9.96. The lowest BCUT2D eigenvalue weighted by molar-refractivity contribution is -0.148. The highest BCUT2D eigenvalue weighted by Crippen LogP contribution is 2.30. The quantitative estimate of drug-likeness (QED) is 0.778. The third kappa shape index (κ3) is 3.88. The van der Waals surface area contributed by atoms with E-state index < -0.39 is 18.1 Å². The van der Waals surface area contributed by atoms with E-state index in [1.165, 1.54) is 19.8 Å². The summed E-state index contributed by atoms with van der Waals surface area (Å²) < 4.78 is 9.30. The monoisotopic (exact) mass is 319 g/mol. The lowest BCUT2D eigenvalue weighted by Crippen LogP contribution is -2.43. The second-order valence-electron chi connectivity index (χ2n) is 5.53. The molecular weight excluding hydrogens is 298 g/mol. The Hall–Kier alpha value is -2.37. The molecule has 1 fully saturated rings. The van der Waals surface area contributed by atoms with Crippen LogP contribution in [0.5, 0.6) is 0 Å². The molecule has 1 saturated heterocycles. The molecule has 0 spiro atoms. The zero-order chi connectivity index (χ0) is 16.8. The van der Waals surface area contributed by atoms with Crippen molar-refractivity contribution in [3.63, 3.8) is 0 Å². The van der Waals surface area contributed by atoms with Crippen molar-refractivity contribution in [3.05, 3.63) is 35.9 Å². The van der Waals surface area contributed by atoms with Crippen LogP contribution in [0.25, 0.3) is 0 Å². The average molecular weight is 319 g/mol. The zero-order valence-corrected chi connectivity index (χ0v) is 13.4. The Kier molecular flexibility index (Phi) is 5.73. The van der Waals surface area contributed by atoms with Crippen LogP contribution in [-0.2, 0) is 25.5 Å². The first kappa shape index (κ1) is 17.0. The van der Waals surface area contributed by atoms with Crippen molar-refractivity contribution < 1.29 is 23.9 Å². The van der Waals surface area contributed by atoms with E-state index in [0.717, 1.165) is 17.7 Å². The summed E-state index contributed by atoms with van der Waals surface area (Å²) in [5, 5.41) is 0. The molecule has 1 aliphatic heterocycles. The summed E-state index contributed by atoms with van der Waals surface area (Å²) in [4.78, 5) is 36.9. The number of rotatable bonds is 5. The molecule has 2 rings (SSSR count). The van der Waals surface area contributed by atoms with Gasteiger partial charge in [0.15, 0.2) is 0 Å².